The maximum Gasteiger partial charge on any atom is 0.418 e. The summed E-state index contributed by atoms with van der Waals surface area (Å²) in [6.45, 7) is 11.8. The van der Waals surface area contributed by atoms with Crippen LogP contribution in [0.2, 0.25) is 0 Å². The van der Waals surface area contributed by atoms with Gasteiger partial charge < -0.3 is 9.41 Å². The number of pyridine rings is 1. The van der Waals surface area contributed by atoms with Crippen LogP contribution in [0.15, 0.2) is 53.8 Å². The van der Waals surface area contributed by atoms with Gasteiger partial charge in [-0.15, -0.1) is 10.2 Å². The lowest BCUT2D eigenvalue weighted by molar-refractivity contribution is -0.136. The third-order valence-electron chi connectivity index (χ3n) is 8.53. The summed E-state index contributed by atoms with van der Waals surface area (Å²) in [6, 6.07) is 8.39. The Hall–Kier alpha value is -3.91. The fourth-order valence-corrected chi connectivity index (χ4v) is 6.18. The van der Waals surface area contributed by atoms with Gasteiger partial charge in [-0.05, 0) is 54.6 Å². The highest BCUT2D eigenvalue weighted by Gasteiger charge is 2.53. The number of imidazole rings is 1. The molecule has 4 aromatic rings. The molecule has 8 nitrogen and oxygen atoms in total. The zero-order valence-electron chi connectivity index (χ0n) is 23.1. The molecule has 2 aliphatic rings. The zero-order chi connectivity index (χ0) is 28.9. The van der Waals surface area contributed by atoms with Crippen LogP contribution in [0.4, 0.5) is 13.2 Å². The number of piperidine rings is 1. The lowest BCUT2D eigenvalue weighted by atomic mass is 9.90. The SMILES string of the molecule is [C-]#[N+]C1(C[C@@H](c2cccc(-n3cc4c(C(F)(F)F)cc(CN5CCC[C@H](C)C5)cn4c3=O)c2)c2nncn2C)CC1. The van der Waals surface area contributed by atoms with E-state index in [0.717, 1.165) is 48.7 Å². The minimum atomic E-state index is -4.62. The molecule has 3 aromatic heterocycles. The van der Waals surface area contributed by atoms with Crippen molar-refractivity contribution in [3.63, 3.8) is 0 Å². The molecule has 0 radical (unpaired) electrons. The van der Waals surface area contributed by atoms with Crippen LogP contribution in [0.25, 0.3) is 16.0 Å². The van der Waals surface area contributed by atoms with Gasteiger partial charge in [0.15, 0.2) is 0 Å². The van der Waals surface area contributed by atoms with Crippen LogP contribution < -0.4 is 5.69 Å². The quantitative estimate of drug-likeness (QED) is 0.281. The number of halogens is 3. The van der Waals surface area contributed by atoms with Gasteiger partial charge in [-0.3, -0.25) is 13.9 Å². The van der Waals surface area contributed by atoms with Gasteiger partial charge in [0.1, 0.15) is 12.2 Å². The molecule has 2 atom stereocenters. The molecule has 0 amide bonds. The Morgan fingerprint density at radius 2 is 2.02 bits per heavy atom. The molecule has 2 fully saturated rings. The largest absolute Gasteiger partial charge is 0.418 e. The van der Waals surface area contributed by atoms with Crippen molar-refractivity contribution >= 4 is 5.52 Å². The van der Waals surface area contributed by atoms with Gasteiger partial charge in [0.2, 0.25) is 5.54 Å². The number of alkyl halides is 3. The van der Waals surface area contributed by atoms with Crippen molar-refractivity contribution in [3.8, 4) is 5.69 Å². The molecule has 1 saturated carbocycles. The van der Waals surface area contributed by atoms with Crippen LogP contribution >= 0.6 is 0 Å². The Bertz CT molecular complexity index is 1690. The van der Waals surface area contributed by atoms with Gasteiger partial charge in [0.25, 0.3) is 0 Å². The molecule has 0 spiro atoms. The van der Waals surface area contributed by atoms with Gasteiger partial charge in [-0.25, -0.2) is 11.4 Å². The van der Waals surface area contributed by atoms with E-state index in [1.165, 1.54) is 16.8 Å². The van der Waals surface area contributed by atoms with Gasteiger partial charge in [-0.1, -0.05) is 19.1 Å². The summed E-state index contributed by atoms with van der Waals surface area (Å²) in [6.07, 6.45) is 4.10. The first-order valence-corrected chi connectivity index (χ1v) is 14.0. The first kappa shape index (κ1) is 27.3. The third-order valence-corrected chi connectivity index (χ3v) is 8.53. The van der Waals surface area contributed by atoms with E-state index in [-0.39, 0.29) is 11.4 Å². The average Bonchev–Trinajstić information content (AvgIpc) is 3.47. The van der Waals surface area contributed by atoms with Crippen molar-refractivity contribution < 1.29 is 13.2 Å². The van der Waals surface area contributed by atoms with E-state index in [2.05, 4.69) is 26.9 Å². The van der Waals surface area contributed by atoms with E-state index < -0.39 is 23.0 Å². The standard InChI is InChI=1S/C30H32F3N7O/c1-20-6-5-11-38(15-20)16-21-12-25(30(31,32)33)26-18-39(28(41)40(26)17-21)23-8-4-7-22(13-23)24(14-29(34-2)9-10-29)27-36-35-19-37(27)3/h4,7-8,12-13,17-20,24H,5-6,9-11,14-16H2,1,3H3/t20-,24-/m0/s1. The zero-order valence-corrected chi connectivity index (χ0v) is 23.1. The molecule has 41 heavy (non-hydrogen) atoms. The molecule has 1 aliphatic heterocycles. The Morgan fingerprint density at radius 3 is 2.68 bits per heavy atom. The van der Waals surface area contributed by atoms with E-state index in [1.54, 1.807) is 24.7 Å². The molecule has 1 saturated heterocycles. The van der Waals surface area contributed by atoms with Crippen molar-refractivity contribution in [3.05, 3.63) is 93.5 Å². The monoisotopic (exact) mass is 563 g/mol. The van der Waals surface area contributed by atoms with Crippen LogP contribution in [-0.2, 0) is 19.8 Å². The Morgan fingerprint density at radius 1 is 1.22 bits per heavy atom. The summed E-state index contributed by atoms with van der Waals surface area (Å²) in [4.78, 5) is 19.7. The number of aromatic nitrogens is 5. The first-order chi connectivity index (χ1) is 19.6. The molecular formula is C30H32F3N7O. The first-order valence-electron chi connectivity index (χ1n) is 14.0. The number of nitrogens with zero attached hydrogens (tertiary/aromatic N) is 7. The second-order valence-corrected chi connectivity index (χ2v) is 11.8. The topological polar surface area (TPSA) is 64.7 Å². The van der Waals surface area contributed by atoms with Crippen LogP contribution in [-0.4, -0.2) is 47.3 Å². The summed E-state index contributed by atoms with van der Waals surface area (Å²) in [7, 11) is 1.84. The molecule has 0 bridgehead atoms. The van der Waals surface area contributed by atoms with Crippen molar-refractivity contribution in [2.45, 2.75) is 63.2 Å². The van der Waals surface area contributed by atoms with Gasteiger partial charge in [0, 0.05) is 51.8 Å². The van der Waals surface area contributed by atoms with Crippen LogP contribution in [0.3, 0.4) is 0 Å². The minimum absolute atomic E-state index is 0.182. The predicted molar refractivity (Wildman–Crippen MR) is 148 cm³/mol. The van der Waals surface area contributed by atoms with E-state index >= 15 is 0 Å². The number of likely N-dealkylation sites (tertiary alicyclic amines) is 1. The second kappa shape index (κ2) is 10.2. The van der Waals surface area contributed by atoms with Crippen molar-refractivity contribution in [1.29, 1.82) is 0 Å². The highest BCUT2D eigenvalue weighted by molar-refractivity contribution is 5.58. The van der Waals surface area contributed by atoms with E-state index in [0.29, 0.717) is 36.0 Å². The van der Waals surface area contributed by atoms with Gasteiger partial charge in [-0.2, -0.15) is 13.2 Å². The molecule has 4 heterocycles. The van der Waals surface area contributed by atoms with E-state index in [4.69, 9.17) is 6.57 Å². The summed E-state index contributed by atoms with van der Waals surface area (Å²) < 4.78 is 47.0. The van der Waals surface area contributed by atoms with Crippen molar-refractivity contribution in [1.82, 2.24) is 28.6 Å². The highest BCUT2D eigenvalue weighted by Crippen LogP contribution is 2.48. The molecule has 0 unspecified atom stereocenters. The van der Waals surface area contributed by atoms with Crippen molar-refractivity contribution in [2.24, 2.45) is 13.0 Å². The summed E-state index contributed by atoms with van der Waals surface area (Å²) in [5, 5.41) is 8.32. The summed E-state index contributed by atoms with van der Waals surface area (Å²) >= 11 is 0. The maximum absolute atomic E-state index is 14.3. The van der Waals surface area contributed by atoms with E-state index in [9.17, 15) is 18.0 Å². The predicted octanol–water partition coefficient (Wildman–Crippen LogP) is 5.44. The fourth-order valence-electron chi connectivity index (χ4n) is 6.18. The van der Waals surface area contributed by atoms with Crippen LogP contribution in [0, 0.1) is 12.5 Å². The lowest BCUT2D eigenvalue weighted by Gasteiger charge is -2.31. The molecule has 1 aromatic carbocycles. The van der Waals surface area contributed by atoms with Crippen LogP contribution in [0.5, 0.6) is 0 Å². The Kier molecular flexibility index (Phi) is 6.77. The second-order valence-electron chi connectivity index (χ2n) is 11.8. The summed E-state index contributed by atoms with van der Waals surface area (Å²) in [5.74, 6) is 0.930. The number of hydrogen-bond donors (Lipinski definition) is 0. The molecule has 214 valence electrons. The lowest BCUT2D eigenvalue weighted by Crippen LogP contribution is -2.34. The number of benzene rings is 1. The van der Waals surface area contributed by atoms with Crippen LogP contribution in [0.1, 0.15) is 67.5 Å². The number of aryl methyl sites for hydroxylation is 1. The minimum Gasteiger partial charge on any atom is -0.320 e. The average molecular weight is 564 g/mol. The molecule has 11 heteroatoms. The number of hydrogen-bond acceptors (Lipinski definition) is 4. The van der Waals surface area contributed by atoms with Gasteiger partial charge >= 0.3 is 11.9 Å². The Balaban J connectivity index is 1.42. The highest BCUT2D eigenvalue weighted by atomic mass is 19.4. The third kappa shape index (κ3) is 5.28. The normalized spacial score (nSPS) is 19.8. The number of fused-ring (bicyclic) bond motifs is 1. The molecule has 0 N–H and O–H groups in total. The summed E-state index contributed by atoms with van der Waals surface area (Å²) in [5.41, 5.74) is -0.272. The molecule has 6 rings (SSSR count). The van der Waals surface area contributed by atoms with E-state index in [1.807, 2.05) is 23.7 Å². The molecular weight excluding hydrogens is 531 g/mol. The smallest absolute Gasteiger partial charge is 0.320 e. The Labute approximate surface area is 235 Å². The fraction of sp³-hybridized carbons (Fsp3) is 0.467. The van der Waals surface area contributed by atoms with Crippen molar-refractivity contribution in [2.75, 3.05) is 13.1 Å². The molecule has 1 aliphatic carbocycles. The van der Waals surface area contributed by atoms with Gasteiger partial charge in [0.05, 0.1) is 22.7 Å². The number of rotatable bonds is 7. The maximum atomic E-state index is 14.3.